The predicted octanol–water partition coefficient (Wildman–Crippen LogP) is 1.44. The number of hydrogen-bond donors (Lipinski definition) is 3. The molecule has 3 amide bonds. The van der Waals surface area contributed by atoms with Crippen LogP contribution in [0.3, 0.4) is 0 Å². The van der Waals surface area contributed by atoms with Gasteiger partial charge in [0.1, 0.15) is 0 Å². The molecule has 1 atom stereocenters. The van der Waals surface area contributed by atoms with E-state index in [-0.39, 0.29) is 18.5 Å². The Balaban J connectivity index is 1.90. The van der Waals surface area contributed by atoms with Crippen LogP contribution >= 0.6 is 0 Å². The summed E-state index contributed by atoms with van der Waals surface area (Å²) in [4.78, 5) is 36.6. The summed E-state index contributed by atoms with van der Waals surface area (Å²) in [5.41, 5.74) is 1.37. The zero-order valence-electron chi connectivity index (χ0n) is 13.7. The molecular weight excluding hydrogens is 310 g/mol. The minimum atomic E-state index is -0.859. The van der Waals surface area contributed by atoms with Gasteiger partial charge < -0.3 is 20.6 Å². The number of likely N-dealkylation sites (tertiary alicyclic amines) is 1. The summed E-state index contributed by atoms with van der Waals surface area (Å²) in [6.07, 6.45) is 1.30. The van der Waals surface area contributed by atoms with Crippen LogP contribution in [0, 0.1) is 5.92 Å². The minimum absolute atomic E-state index is 0.147. The van der Waals surface area contributed by atoms with Crippen molar-refractivity contribution in [3.63, 3.8) is 0 Å². The highest BCUT2D eigenvalue weighted by atomic mass is 16.4. The number of rotatable bonds is 5. The fourth-order valence-corrected chi connectivity index (χ4v) is 2.74. The molecule has 0 aromatic heterocycles. The maximum absolute atomic E-state index is 12.2. The number of hydrogen-bond acceptors (Lipinski definition) is 3. The Kier molecular flexibility index (Phi) is 6.17. The van der Waals surface area contributed by atoms with Crippen molar-refractivity contribution < 1.29 is 19.5 Å². The first-order valence-corrected chi connectivity index (χ1v) is 8.14. The number of nitrogens with one attached hydrogen (secondary N) is 2. The normalized spacial score (nSPS) is 17.2. The summed E-state index contributed by atoms with van der Waals surface area (Å²) in [6, 6.07) is 6.79. The number of carbonyl (C=O) groups is 3. The van der Waals surface area contributed by atoms with E-state index < -0.39 is 11.9 Å². The largest absolute Gasteiger partial charge is 0.481 e. The fourth-order valence-electron chi connectivity index (χ4n) is 2.74. The number of amides is 3. The highest BCUT2D eigenvalue weighted by Crippen LogP contribution is 2.16. The Labute approximate surface area is 141 Å². The fraction of sp³-hybridized carbons (Fsp3) is 0.471. The molecule has 130 valence electrons. The number of piperidine rings is 1. The first kappa shape index (κ1) is 17.8. The van der Waals surface area contributed by atoms with Gasteiger partial charge in [-0.05, 0) is 37.5 Å². The average molecular weight is 333 g/mol. The maximum Gasteiger partial charge on any atom is 0.317 e. The topological polar surface area (TPSA) is 98.7 Å². The molecule has 7 heteroatoms. The molecule has 7 nitrogen and oxygen atoms in total. The summed E-state index contributed by atoms with van der Waals surface area (Å²) >= 11 is 0. The molecule has 1 heterocycles. The van der Waals surface area contributed by atoms with E-state index in [0.717, 1.165) is 5.56 Å². The lowest BCUT2D eigenvalue weighted by Gasteiger charge is -2.30. The molecule has 0 spiro atoms. The predicted molar refractivity (Wildman–Crippen MR) is 88.6 cm³/mol. The van der Waals surface area contributed by atoms with E-state index in [2.05, 4.69) is 10.6 Å². The zero-order valence-corrected chi connectivity index (χ0v) is 13.7. The van der Waals surface area contributed by atoms with Gasteiger partial charge in [0.25, 0.3) is 5.91 Å². The number of nitrogens with zero attached hydrogens (tertiary/aromatic N) is 1. The smallest absolute Gasteiger partial charge is 0.317 e. The van der Waals surface area contributed by atoms with Crippen LogP contribution in [0.5, 0.6) is 0 Å². The first-order chi connectivity index (χ1) is 11.5. The van der Waals surface area contributed by atoms with E-state index in [1.165, 1.54) is 4.90 Å². The molecule has 1 fully saturated rings. The van der Waals surface area contributed by atoms with Crippen LogP contribution in [0.15, 0.2) is 24.3 Å². The molecule has 24 heavy (non-hydrogen) atoms. The van der Waals surface area contributed by atoms with Gasteiger partial charge in [0, 0.05) is 31.7 Å². The second-order valence-corrected chi connectivity index (χ2v) is 5.84. The molecule has 3 N–H and O–H groups in total. The highest BCUT2D eigenvalue weighted by molar-refractivity contribution is 5.94. The monoisotopic (exact) mass is 333 g/mol. The molecule has 1 aromatic rings. The van der Waals surface area contributed by atoms with Crippen molar-refractivity contribution in [3.8, 4) is 0 Å². The number of carboxylic acid groups (broad SMARTS) is 1. The molecule has 0 saturated carbocycles. The zero-order chi connectivity index (χ0) is 17.5. The van der Waals surface area contributed by atoms with E-state index in [0.29, 0.717) is 38.0 Å². The van der Waals surface area contributed by atoms with Crippen LogP contribution in [0.25, 0.3) is 0 Å². The van der Waals surface area contributed by atoms with Crippen molar-refractivity contribution >= 4 is 17.9 Å². The molecule has 0 bridgehead atoms. The lowest BCUT2D eigenvalue weighted by molar-refractivity contribution is -0.143. The number of benzene rings is 1. The van der Waals surface area contributed by atoms with Crippen molar-refractivity contribution in [2.45, 2.75) is 26.3 Å². The quantitative estimate of drug-likeness (QED) is 0.759. The van der Waals surface area contributed by atoms with Gasteiger partial charge in [-0.15, -0.1) is 0 Å². The molecule has 0 radical (unpaired) electrons. The van der Waals surface area contributed by atoms with Gasteiger partial charge in [-0.3, -0.25) is 9.59 Å². The molecule has 1 aromatic carbocycles. The van der Waals surface area contributed by atoms with Crippen LogP contribution in [-0.2, 0) is 11.3 Å². The van der Waals surface area contributed by atoms with Gasteiger partial charge in [0.05, 0.1) is 5.92 Å². The van der Waals surface area contributed by atoms with Gasteiger partial charge in [0.15, 0.2) is 0 Å². The number of urea groups is 1. The van der Waals surface area contributed by atoms with Crippen LogP contribution in [0.1, 0.15) is 35.7 Å². The third kappa shape index (κ3) is 4.71. The number of aliphatic carboxylic acids is 1. The first-order valence-electron chi connectivity index (χ1n) is 8.14. The molecule has 0 aliphatic carbocycles. The van der Waals surface area contributed by atoms with Gasteiger partial charge in [-0.2, -0.15) is 0 Å². The Bertz CT molecular complexity index is 618. The Hall–Kier alpha value is -2.57. The standard InChI is InChI=1S/C17H23N3O4/c1-2-18-15(21)13-6-3-5-12(9-13)10-19-17(24)20-8-4-7-14(11-20)16(22)23/h3,5-6,9,14H,2,4,7-8,10-11H2,1H3,(H,18,21)(H,19,24)(H,22,23). The van der Waals surface area contributed by atoms with Crippen LogP contribution in [-0.4, -0.2) is 47.5 Å². The van der Waals surface area contributed by atoms with Gasteiger partial charge >= 0.3 is 12.0 Å². The van der Waals surface area contributed by atoms with Crippen molar-refractivity contribution in [1.82, 2.24) is 15.5 Å². The van der Waals surface area contributed by atoms with Crippen molar-refractivity contribution in [2.75, 3.05) is 19.6 Å². The molecule has 1 saturated heterocycles. The Morgan fingerprint density at radius 1 is 1.29 bits per heavy atom. The second-order valence-electron chi connectivity index (χ2n) is 5.84. The molecule has 1 aliphatic heterocycles. The SMILES string of the molecule is CCNC(=O)c1cccc(CNC(=O)N2CCCC(C(=O)O)C2)c1. The number of carboxylic acids is 1. The molecule has 2 rings (SSSR count). The van der Waals surface area contributed by atoms with E-state index in [9.17, 15) is 14.4 Å². The van der Waals surface area contributed by atoms with Crippen LogP contribution in [0.2, 0.25) is 0 Å². The molecular formula is C17H23N3O4. The lowest BCUT2D eigenvalue weighted by Crippen LogP contribution is -2.46. The minimum Gasteiger partial charge on any atom is -0.481 e. The average Bonchev–Trinajstić information content (AvgIpc) is 2.60. The van der Waals surface area contributed by atoms with Gasteiger partial charge in [0.2, 0.25) is 0 Å². The van der Waals surface area contributed by atoms with Crippen molar-refractivity contribution in [1.29, 1.82) is 0 Å². The van der Waals surface area contributed by atoms with Crippen molar-refractivity contribution in [2.24, 2.45) is 5.92 Å². The van der Waals surface area contributed by atoms with Crippen molar-refractivity contribution in [3.05, 3.63) is 35.4 Å². The summed E-state index contributed by atoms with van der Waals surface area (Å²) in [6.45, 7) is 3.50. The summed E-state index contributed by atoms with van der Waals surface area (Å²) < 4.78 is 0. The molecule has 1 unspecified atom stereocenters. The molecule has 1 aliphatic rings. The third-order valence-electron chi connectivity index (χ3n) is 4.03. The summed E-state index contributed by atoms with van der Waals surface area (Å²) in [5.74, 6) is -1.50. The number of carbonyl (C=O) groups excluding carboxylic acids is 2. The Morgan fingerprint density at radius 3 is 2.79 bits per heavy atom. The van der Waals surface area contributed by atoms with E-state index >= 15 is 0 Å². The Morgan fingerprint density at radius 2 is 2.08 bits per heavy atom. The maximum atomic E-state index is 12.2. The summed E-state index contributed by atoms with van der Waals surface area (Å²) in [5, 5.41) is 14.6. The third-order valence-corrected chi connectivity index (χ3v) is 4.03. The van der Waals surface area contributed by atoms with Crippen LogP contribution in [0.4, 0.5) is 4.79 Å². The van der Waals surface area contributed by atoms with E-state index in [4.69, 9.17) is 5.11 Å². The van der Waals surface area contributed by atoms with Crippen LogP contribution < -0.4 is 10.6 Å². The second kappa shape index (κ2) is 8.33. The lowest BCUT2D eigenvalue weighted by atomic mass is 9.99. The van der Waals surface area contributed by atoms with E-state index in [1.807, 2.05) is 13.0 Å². The van der Waals surface area contributed by atoms with Gasteiger partial charge in [-0.25, -0.2) is 4.79 Å². The van der Waals surface area contributed by atoms with Gasteiger partial charge in [-0.1, -0.05) is 12.1 Å². The van der Waals surface area contributed by atoms with E-state index in [1.54, 1.807) is 18.2 Å². The summed E-state index contributed by atoms with van der Waals surface area (Å²) in [7, 11) is 0. The highest BCUT2D eigenvalue weighted by Gasteiger charge is 2.27.